The van der Waals surface area contributed by atoms with Gasteiger partial charge in [-0.05, 0) is 30.1 Å². The van der Waals surface area contributed by atoms with Gasteiger partial charge in [-0.3, -0.25) is 19.2 Å². The Balaban J connectivity index is 2.19. The molecule has 1 heterocycles. The average molecular weight is 556 g/mol. The maximum Gasteiger partial charge on any atom is 0.325 e. The maximum absolute atomic E-state index is 14.0. The van der Waals surface area contributed by atoms with E-state index in [0.717, 1.165) is 0 Å². The molecular formula is C26H29N5O7S. The summed E-state index contributed by atoms with van der Waals surface area (Å²) in [4.78, 5) is 52.8. The molecule has 39 heavy (non-hydrogen) atoms. The van der Waals surface area contributed by atoms with Crippen molar-refractivity contribution in [3.63, 3.8) is 0 Å². The molecule has 0 radical (unpaired) electrons. The van der Waals surface area contributed by atoms with Gasteiger partial charge in [-0.1, -0.05) is 42.5 Å². The van der Waals surface area contributed by atoms with Gasteiger partial charge < -0.3 is 35.9 Å². The van der Waals surface area contributed by atoms with Crippen LogP contribution >= 0.6 is 11.5 Å². The van der Waals surface area contributed by atoms with Crippen LogP contribution in [0.4, 0.5) is 5.69 Å². The van der Waals surface area contributed by atoms with Crippen LogP contribution in [0.1, 0.15) is 44.3 Å². The van der Waals surface area contributed by atoms with Gasteiger partial charge >= 0.3 is 5.97 Å². The second-order valence-electron chi connectivity index (χ2n) is 8.06. The van der Waals surface area contributed by atoms with E-state index in [2.05, 4.69) is 9.69 Å². The lowest BCUT2D eigenvalue weighted by atomic mass is 10.0. The van der Waals surface area contributed by atoms with E-state index in [1.165, 1.54) is 19.1 Å². The number of amides is 3. The van der Waals surface area contributed by atoms with Gasteiger partial charge in [0.2, 0.25) is 5.91 Å². The van der Waals surface area contributed by atoms with E-state index in [-0.39, 0.29) is 40.7 Å². The highest BCUT2D eigenvalue weighted by atomic mass is 32.1. The molecule has 13 heteroatoms. The Morgan fingerprint density at radius 2 is 1.77 bits per heavy atom. The summed E-state index contributed by atoms with van der Waals surface area (Å²) in [7, 11) is 2.84. The first-order valence-corrected chi connectivity index (χ1v) is 12.5. The predicted octanol–water partition coefficient (Wildman–Crippen LogP) is 1.90. The summed E-state index contributed by atoms with van der Waals surface area (Å²) in [6.07, 6.45) is 0. The van der Waals surface area contributed by atoms with Gasteiger partial charge in [-0.15, -0.1) is 0 Å². The van der Waals surface area contributed by atoms with Gasteiger partial charge in [0.1, 0.15) is 17.5 Å². The number of aromatic nitrogens is 1. The smallest absolute Gasteiger partial charge is 0.325 e. The molecule has 3 rings (SSSR count). The topological polar surface area (TPSA) is 176 Å². The van der Waals surface area contributed by atoms with E-state index in [1.807, 2.05) is 6.07 Å². The number of benzene rings is 2. The number of primary amides is 1. The zero-order chi connectivity index (χ0) is 28.5. The molecule has 3 amide bonds. The number of carbonyl (C=O) groups excluding carboxylic acids is 4. The van der Waals surface area contributed by atoms with Crippen molar-refractivity contribution < 1.29 is 33.4 Å². The molecular weight excluding hydrogens is 526 g/mol. The van der Waals surface area contributed by atoms with E-state index in [9.17, 15) is 19.2 Å². The molecule has 0 aliphatic rings. The highest BCUT2D eigenvalue weighted by molar-refractivity contribution is 7.09. The number of methoxy groups -OCH3 is 2. The zero-order valence-corrected chi connectivity index (χ0v) is 22.4. The number of carbonyl (C=O) groups is 4. The predicted molar refractivity (Wildman–Crippen MR) is 143 cm³/mol. The molecule has 0 saturated heterocycles. The van der Waals surface area contributed by atoms with Gasteiger partial charge in [-0.25, -0.2) is 0 Å². The lowest BCUT2D eigenvalue weighted by Gasteiger charge is -2.32. The number of hydrogen-bond donors (Lipinski definition) is 3. The minimum atomic E-state index is -1.34. The number of nitrogens with zero attached hydrogens (tertiary/aromatic N) is 2. The summed E-state index contributed by atoms with van der Waals surface area (Å²) in [6, 6.07) is 12.5. The standard InChI is InChI=1S/C26H29N5O7S/c1-4-38-18(32)13-29-25(34)21(16-11-8-12-17(36-2)22(16)37-3)31(14-15-9-6-5-7-10-15)26(35)23-19(27)20(24(28)33)30-39-23/h5-12,21H,4,13-14,27H2,1-3H3,(H2,28,33)(H,29,34). The van der Waals surface area contributed by atoms with Gasteiger partial charge in [-0.2, -0.15) is 4.37 Å². The van der Waals surface area contributed by atoms with Crippen LogP contribution in [-0.2, 0) is 20.9 Å². The van der Waals surface area contributed by atoms with Crippen molar-refractivity contribution in [2.45, 2.75) is 19.5 Å². The summed E-state index contributed by atoms with van der Waals surface area (Å²) in [5.41, 5.74) is 12.0. The number of nitrogen functional groups attached to an aromatic ring is 1. The summed E-state index contributed by atoms with van der Waals surface area (Å²) in [5.74, 6) is -2.41. The fourth-order valence-electron chi connectivity index (χ4n) is 3.87. The molecule has 1 unspecified atom stereocenters. The van der Waals surface area contributed by atoms with Crippen LogP contribution < -0.4 is 26.3 Å². The first-order chi connectivity index (χ1) is 18.7. The number of hydrogen-bond acceptors (Lipinski definition) is 10. The quantitative estimate of drug-likeness (QED) is 0.282. The van der Waals surface area contributed by atoms with Crippen molar-refractivity contribution >= 4 is 40.9 Å². The summed E-state index contributed by atoms with van der Waals surface area (Å²) < 4.78 is 19.9. The van der Waals surface area contributed by atoms with E-state index in [4.69, 9.17) is 25.7 Å². The van der Waals surface area contributed by atoms with Gasteiger partial charge in [0.05, 0.1) is 26.5 Å². The number of esters is 1. The van der Waals surface area contributed by atoms with E-state index in [0.29, 0.717) is 22.8 Å². The first-order valence-electron chi connectivity index (χ1n) is 11.8. The number of nitrogens with two attached hydrogens (primary N) is 2. The second kappa shape index (κ2) is 13.2. The minimum Gasteiger partial charge on any atom is -0.493 e. The number of nitrogens with one attached hydrogen (secondary N) is 1. The molecule has 3 aromatic rings. The molecule has 2 aromatic carbocycles. The highest BCUT2D eigenvalue weighted by Crippen LogP contribution is 2.39. The van der Waals surface area contributed by atoms with Gasteiger partial charge in [0, 0.05) is 12.1 Å². The van der Waals surface area contributed by atoms with E-state index < -0.39 is 36.3 Å². The average Bonchev–Trinajstić information content (AvgIpc) is 3.33. The summed E-state index contributed by atoms with van der Waals surface area (Å²) >= 11 is 0.689. The molecule has 0 aliphatic carbocycles. The van der Waals surface area contributed by atoms with Crippen molar-refractivity contribution in [3.8, 4) is 11.5 Å². The van der Waals surface area contributed by atoms with Crippen molar-refractivity contribution in [3.05, 3.63) is 70.2 Å². The fraction of sp³-hybridized carbons (Fsp3) is 0.269. The normalized spacial score (nSPS) is 11.3. The molecule has 0 aliphatic heterocycles. The highest BCUT2D eigenvalue weighted by Gasteiger charge is 2.37. The van der Waals surface area contributed by atoms with Crippen LogP contribution in [0.15, 0.2) is 48.5 Å². The van der Waals surface area contributed by atoms with Crippen molar-refractivity contribution in [1.29, 1.82) is 0 Å². The lowest BCUT2D eigenvalue weighted by molar-refractivity contribution is -0.143. The van der Waals surface area contributed by atoms with Crippen LogP contribution in [-0.4, -0.2) is 60.3 Å². The Labute approximate surface area is 229 Å². The van der Waals surface area contributed by atoms with Crippen LogP contribution in [0.2, 0.25) is 0 Å². The van der Waals surface area contributed by atoms with Crippen LogP contribution in [0.3, 0.4) is 0 Å². The Hall–Kier alpha value is -4.65. The third-order valence-corrected chi connectivity index (χ3v) is 6.46. The molecule has 1 aromatic heterocycles. The number of anilines is 1. The van der Waals surface area contributed by atoms with Crippen molar-refractivity contribution in [2.24, 2.45) is 5.73 Å². The van der Waals surface area contributed by atoms with Gasteiger partial charge in [0.15, 0.2) is 17.2 Å². The number of ether oxygens (including phenoxy) is 3. The monoisotopic (exact) mass is 555 g/mol. The molecule has 12 nitrogen and oxygen atoms in total. The third kappa shape index (κ3) is 6.62. The molecule has 0 spiro atoms. The Morgan fingerprint density at radius 3 is 2.36 bits per heavy atom. The second-order valence-corrected chi connectivity index (χ2v) is 8.84. The maximum atomic E-state index is 14.0. The third-order valence-electron chi connectivity index (χ3n) is 5.61. The molecule has 1 atom stereocenters. The molecule has 0 saturated carbocycles. The summed E-state index contributed by atoms with van der Waals surface area (Å²) in [5, 5.41) is 2.54. The van der Waals surface area contributed by atoms with Gasteiger partial charge in [0.25, 0.3) is 11.8 Å². The fourth-order valence-corrected chi connectivity index (χ4v) is 4.63. The Morgan fingerprint density at radius 1 is 1.05 bits per heavy atom. The molecule has 206 valence electrons. The Kier molecular flexibility index (Phi) is 9.81. The zero-order valence-electron chi connectivity index (χ0n) is 21.6. The molecule has 5 N–H and O–H groups in total. The van der Waals surface area contributed by atoms with E-state index in [1.54, 1.807) is 49.4 Å². The van der Waals surface area contributed by atoms with Crippen LogP contribution in [0, 0.1) is 0 Å². The van der Waals surface area contributed by atoms with E-state index >= 15 is 0 Å². The number of rotatable bonds is 12. The van der Waals surface area contributed by atoms with Crippen molar-refractivity contribution in [2.75, 3.05) is 33.1 Å². The molecule has 0 fully saturated rings. The minimum absolute atomic E-state index is 0.0548. The van der Waals surface area contributed by atoms with Crippen molar-refractivity contribution in [1.82, 2.24) is 14.6 Å². The lowest BCUT2D eigenvalue weighted by Crippen LogP contribution is -2.45. The van der Waals surface area contributed by atoms with Crippen LogP contribution in [0.25, 0.3) is 0 Å². The van der Waals surface area contributed by atoms with Crippen LogP contribution in [0.5, 0.6) is 11.5 Å². The summed E-state index contributed by atoms with van der Waals surface area (Å²) in [6.45, 7) is 1.29. The largest absolute Gasteiger partial charge is 0.493 e. The Bertz CT molecular complexity index is 1350. The molecule has 0 bridgehead atoms. The number of para-hydroxylation sites is 1. The SMILES string of the molecule is CCOC(=O)CNC(=O)C(c1cccc(OC)c1OC)N(Cc1ccccc1)C(=O)c1snc(C(N)=O)c1N. The first kappa shape index (κ1) is 28.9.